The van der Waals surface area contributed by atoms with E-state index >= 15 is 0 Å². The molecule has 0 aliphatic heterocycles. The minimum atomic E-state index is 0.0512. The topological polar surface area (TPSA) is 37.8 Å². The predicted molar refractivity (Wildman–Crippen MR) is 81.4 cm³/mol. The number of nitrogens with zero attached hydrogens (tertiary/aromatic N) is 1. The molecule has 0 bridgehead atoms. The molecule has 0 amide bonds. The second-order valence-electron chi connectivity index (χ2n) is 4.73. The molecule has 1 N–H and O–H groups in total. The summed E-state index contributed by atoms with van der Waals surface area (Å²) in [5.74, 6) is 0. The molecule has 6 heteroatoms. The van der Waals surface area contributed by atoms with Crippen molar-refractivity contribution in [1.29, 1.82) is 0 Å². The summed E-state index contributed by atoms with van der Waals surface area (Å²) < 4.78 is 2.50. The summed E-state index contributed by atoms with van der Waals surface area (Å²) in [4.78, 5) is 16.5. The predicted octanol–water partition coefficient (Wildman–Crippen LogP) is 3.41. The van der Waals surface area contributed by atoms with Crippen molar-refractivity contribution in [3.63, 3.8) is 0 Å². The molecule has 1 fully saturated rings. The summed E-state index contributed by atoms with van der Waals surface area (Å²) in [6.07, 6.45) is 5.74. The molecule has 1 aliphatic rings. The molecule has 2 aromatic heterocycles. The van der Waals surface area contributed by atoms with Crippen LogP contribution < -0.4 is 5.56 Å². The molecule has 2 aromatic rings. The first-order valence-corrected chi connectivity index (χ1v) is 8.42. The molecular formula is C12H14N2OS3. The molecule has 0 saturated heterocycles. The maximum absolute atomic E-state index is 12.4. The first kappa shape index (κ1) is 12.4. The highest BCUT2D eigenvalue weighted by molar-refractivity contribution is 8.00. The second kappa shape index (κ2) is 4.51. The van der Waals surface area contributed by atoms with Gasteiger partial charge in [-0.15, -0.1) is 11.3 Å². The largest absolute Gasteiger partial charge is 0.323 e. The van der Waals surface area contributed by atoms with Gasteiger partial charge >= 0.3 is 0 Å². The van der Waals surface area contributed by atoms with Crippen LogP contribution in [0.1, 0.15) is 19.3 Å². The molecular weight excluding hydrogens is 284 g/mol. The quantitative estimate of drug-likeness (QED) is 0.883. The zero-order valence-electron chi connectivity index (χ0n) is 10.1. The monoisotopic (exact) mass is 298 g/mol. The zero-order valence-corrected chi connectivity index (χ0v) is 12.5. The Labute approximate surface area is 118 Å². The first-order valence-electron chi connectivity index (χ1n) is 5.91. The van der Waals surface area contributed by atoms with E-state index in [-0.39, 0.29) is 10.3 Å². The third-order valence-corrected chi connectivity index (χ3v) is 6.31. The van der Waals surface area contributed by atoms with E-state index in [9.17, 15) is 4.79 Å². The molecule has 3 nitrogen and oxygen atoms in total. The number of hydrogen-bond acceptors (Lipinski definition) is 4. The van der Waals surface area contributed by atoms with E-state index in [2.05, 4.69) is 11.2 Å². The number of aromatic amines is 1. The minimum Gasteiger partial charge on any atom is -0.323 e. The van der Waals surface area contributed by atoms with Gasteiger partial charge in [-0.2, -0.15) is 11.8 Å². The Morgan fingerprint density at radius 3 is 3.00 bits per heavy atom. The third-order valence-electron chi connectivity index (χ3n) is 3.75. The van der Waals surface area contributed by atoms with Crippen molar-refractivity contribution in [2.24, 2.45) is 0 Å². The van der Waals surface area contributed by atoms with Crippen molar-refractivity contribution < 1.29 is 0 Å². The molecule has 1 aliphatic carbocycles. The minimum absolute atomic E-state index is 0.0512. The van der Waals surface area contributed by atoms with E-state index in [0.717, 1.165) is 16.8 Å². The molecule has 96 valence electrons. The number of hydrogen-bond donors (Lipinski definition) is 1. The highest BCUT2D eigenvalue weighted by Gasteiger charge is 2.37. The fourth-order valence-electron chi connectivity index (χ4n) is 2.41. The van der Waals surface area contributed by atoms with Crippen LogP contribution in [0.25, 0.3) is 10.2 Å². The van der Waals surface area contributed by atoms with E-state index < -0.39 is 0 Å². The van der Waals surface area contributed by atoms with Gasteiger partial charge in [0, 0.05) is 11.3 Å². The van der Waals surface area contributed by atoms with Crippen molar-refractivity contribution >= 4 is 45.5 Å². The molecule has 0 unspecified atom stereocenters. The lowest BCUT2D eigenvalue weighted by molar-refractivity contribution is 0.316. The SMILES string of the molecule is CSC1(Cn2c(=S)[nH]c3sccc3c2=O)CCC1. The van der Waals surface area contributed by atoms with Crippen LogP contribution in [0.2, 0.25) is 0 Å². The van der Waals surface area contributed by atoms with Gasteiger partial charge in [0.15, 0.2) is 4.77 Å². The molecule has 3 rings (SSSR count). The van der Waals surface area contributed by atoms with Crippen molar-refractivity contribution in [3.8, 4) is 0 Å². The second-order valence-corrected chi connectivity index (χ2v) is 7.30. The molecule has 0 atom stereocenters. The Kier molecular flexibility index (Phi) is 3.11. The lowest BCUT2D eigenvalue weighted by Gasteiger charge is -2.40. The lowest BCUT2D eigenvalue weighted by Crippen LogP contribution is -2.41. The van der Waals surface area contributed by atoms with Gasteiger partial charge in [-0.25, -0.2) is 0 Å². The van der Waals surface area contributed by atoms with Gasteiger partial charge in [0.25, 0.3) is 5.56 Å². The molecule has 2 heterocycles. The highest BCUT2D eigenvalue weighted by Crippen LogP contribution is 2.43. The third kappa shape index (κ3) is 1.87. The van der Waals surface area contributed by atoms with Gasteiger partial charge in [0.05, 0.1) is 5.39 Å². The van der Waals surface area contributed by atoms with Crippen LogP contribution in [0.15, 0.2) is 16.2 Å². The van der Waals surface area contributed by atoms with Gasteiger partial charge in [-0.3, -0.25) is 9.36 Å². The summed E-state index contributed by atoms with van der Waals surface area (Å²) in [5.41, 5.74) is 0.0512. The van der Waals surface area contributed by atoms with Crippen molar-refractivity contribution in [2.75, 3.05) is 6.26 Å². The van der Waals surface area contributed by atoms with Crippen LogP contribution in [-0.4, -0.2) is 20.6 Å². The van der Waals surface area contributed by atoms with E-state index in [1.165, 1.54) is 30.6 Å². The van der Waals surface area contributed by atoms with Gasteiger partial charge in [-0.1, -0.05) is 6.42 Å². The zero-order chi connectivity index (χ0) is 12.8. The van der Waals surface area contributed by atoms with E-state index in [1.54, 1.807) is 4.57 Å². The summed E-state index contributed by atoms with van der Waals surface area (Å²) in [6.45, 7) is 0.730. The number of rotatable bonds is 3. The highest BCUT2D eigenvalue weighted by atomic mass is 32.2. The van der Waals surface area contributed by atoms with Crippen LogP contribution in [0.3, 0.4) is 0 Å². The number of thioether (sulfide) groups is 1. The number of nitrogens with one attached hydrogen (secondary N) is 1. The average molecular weight is 298 g/mol. The molecule has 0 spiro atoms. The molecule has 0 aromatic carbocycles. The van der Waals surface area contributed by atoms with Gasteiger partial charge < -0.3 is 4.98 Å². The smallest absolute Gasteiger partial charge is 0.263 e. The van der Waals surface area contributed by atoms with Crippen LogP contribution in [-0.2, 0) is 6.54 Å². The van der Waals surface area contributed by atoms with Crippen LogP contribution >= 0.6 is 35.3 Å². The van der Waals surface area contributed by atoms with Crippen molar-refractivity contribution in [3.05, 3.63) is 26.6 Å². The van der Waals surface area contributed by atoms with Crippen LogP contribution in [0, 0.1) is 4.77 Å². The standard InChI is InChI=1S/C12H14N2OS3/c1-17-12(4-2-5-12)7-14-10(15)8-3-6-18-9(8)13-11(14)16/h3,6H,2,4-5,7H2,1H3,(H,13,16). The summed E-state index contributed by atoms with van der Waals surface area (Å²) in [7, 11) is 0. The maximum Gasteiger partial charge on any atom is 0.263 e. The fourth-order valence-corrected chi connectivity index (χ4v) is 4.45. The lowest BCUT2D eigenvalue weighted by atomic mass is 9.84. The number of thiophene rings is 1. The Bertz CT molecular complexity index is 688. The van der Waals surface area contributed by atoms with E-state index in [0.29, 0.717) is 4.77 Å². The van der Waals surface area contributed by atoms with Gasteiger partial charge in [0.2, 0.25) is 0 Å². The Hall–Kier alpha value is -0.590. The molecule has 0 radical (unpaired) electrons. The number of fused-ring (bicyclic) bond motifs is 1. The first-order chi connectivity index (χ1) is 8.65. The maximum atomic E-state index is 12.4. The van der Waals surface area contributed by atoms with Gasteiger partial charge in [0.1, 0.15) is 4.83 Å². The summed E-state index contributed by atoms with van der Waals surface area (Å²) in [6, 6.07) is 1.87. The van der Waals surface area contributed by atoms with Gasteiger partial charge in [-0.05, 0) is 42.8 Å². The summed E-state index contributed by atoms with van der Waals surface area (Å²) in [5, 5.41) is 2.68. The number of H-pyrrole nitrogens is 1. The van der Waals surface area contributed by atoms with E-state index in [1.807, 2.05) is 23.2 Å². The van der Waals surface area contributed by atoms with Crippen molar-refractivity contribution in [1.82, 2.24) is 9.55 Å². The Balaban J connectivity index is 2.11. The van der Waals surface area contributed by atoms with Crippen molar-refractivity contribution in [2.45, 2.75) is 30.6 Å². The normalized spacial score (nSPS) is 17.8. The fraction of sp³-hybridized carbons (Fsp3) is 0.500. The Morgan fingerprint density at radius 1 is 1.61 bits per heavy atom. The number of aromatic nitrogens is 2. The molecule has 1 saturated carbocycles. The van der Waals surface area contributed by atoms with Crippen LogP contribution in [0.4, 0.5) is 0 Å². The van der Waals surface area contributed by atoms with Crippen LogP contribution in [0.5, 0.6) is 0 Å². The van der Waals surface area contributed by atoms with E-state index in [4.69, 9.17) is 12.2 Å². The molecule has 18 heavy (non-hydrogen) atoms. The Morgan fingerprint density at radius 2 is 2.39 bits per heavy atom. The summed E-state index contributed by atoms with van der Waals surface area (Å²) >= 11 is 8.71. The average Bonchev–Trinajstić information content (AvgIpc) is 2.75.